The molecule has 0 heterocycles. The summed E-state index contributed by atoms with van der Waals surface area (Å²) in [6.07, 6.45) is 1.99. The average molecular weight is 476 g/mol. The van der Waals surface area contributed by atoms with E-state index >= 15 is 0 Å². The molecule has 3 atom stereocenters. The number of amides is 3. The van der Waals surface area contributed by atoms with Crippen LogP contribution < -0.4 is 16.4 Å². The standard InChI is InChI=1S/C21H37N3O7S/c1-13(2)18(16(25)11-15(20(29)30)7-6-9-23-21(22)31)24-17(26)8-4-5-10-32-12-14(3)19(27)28/h13-15,18H,4-12H2,1-3H3,(H,24,26)(H,27,28)(H,29,30)(H3,22,23,31)/t14-,15+,18-/m0/s1. The third kappa shape index (κ3) is 13.9. The van der Waals surface area contributed by atoms with Crippen LogP contribution in [0.1, 0.15) is 59.3 Å². The zero-order valence-electron chi connectivity index (χ0n) is 19.1. The molecule has 0 rings (SSSR count). The van der Waals surface area contributed by atoms with Gasteiger partial charge in [-0.1, -0.05) is 20.8 Å². The zero-order valence-corrected chi connectivity index (χ0v) is 19.9. The molecule has 0 aliphatic rings. The predicted molar refractivity (Wildman–Crippen MR) is 122 cm³/mol. The Morgan fingerprint density at radius 1 is 0.969 bits per heavy atom. The summed E-state index contributed by atoms with van der Waals surface area (Å²) in [5, 5.41) is 23.3. The molecule has 0 aromatic heterocycles. The fourth-order valence-electron chi connectivity index (χ4n) is 2.93. The van der Waals surface area contributed by atoms with Gasteiger partial charge in [-0.3, -0.25) is 19.2 Å². The fraction of sp³-hybridized carbons (Fsp3) is 0.762. The molecule has 32 heavy (non-hydrogen) atoms. The summed E-state index contributed by atoms with van der Waals surface area (Å²) in [4.78, 5) is 57.9. The molecule has 184 valence electrons. The van der Waals surface area contributed by atoms with Crippen LogP contribution in [0.4, 0.5) is 4.79 Å². The lowest BCUT2D eigenvalue weighted by atomic mass is 9.90. The Balaban J connectivity index is 4.47. The summed E-state index contributed by atoms with van der Waals surface area (Å²) in [6.45, 7) is 5.45. The molecule has 0 aliphatic carbocycles. The summed E-state index contributed by atoms with van der Waals surface area (Å²) in [5.74, 6) is -2.74. The first-order chi connectivity index (χ1) is 15.0. The lowest BCUT2D eigenvalue weighted by molar-refractivity contribution is -0.144. The van der Waals surface area contributed by atoms with Crippen LogP contribution >= 0.6 is 11.8 Å². The number of carbonyl (C=O) groups is 5. The van der Waals surface area contributed by atoms with Crippen LogP contribution in [0.2, 0.25) is 0 Å². The van der Waals surface area contributed by atoms with Crippen molar-refractivity contribution in [2.75, 3.05) is 18.1 Å². The van der Waals surface area contributed by atoms with Crippen LogP contribution in [0.5, 0.6) is 0 Å². The van der Waals surface area contributed by atoms with Gasteiger partial charge in [0.15, 0.2) is 5.78 Å². The molecule has 11 heteroatoms. The number of primary amides is 1. The molecule has 3 amide bonds. The van der Waals surface area contributed by atoms with Crippen LogP contribution in [0.15, 0.2) is 0 Å². The fourth-order valence-corrected chi connectivity index (χ4v) is 4.00. The van der Waals surface area contributed by atoms with Gasteiger partial charge >= 0.3 is 18.0 Å². The lowest BCUT2D eigenvalue weighted by Crippen LogP contribution is -2.45. The van der Waals surface area contributed by atoms with E-state index in [-0.39, 0.29) is 43.4 Å². The Hall–Kier alpha value is -2.30. The first-order valence-electron chi connectivity index (χ1n) is 10.8. The van der Waals surface area contributed by atoms with Crippen molar-refractivity contribution in [1.82, 2.24) is 10.6 Å². The molecule has 0 aromatic rings. The van der Waals surface area contributed by atoms with Crippen molar-refractivity contribution in [3.63, 3.8) is 0 Å². The molecular formula is C21H37N3O7S. The normalized spacial score (nSPS) is 13.8. The molecule has 0 bridgehead atoms. The Morgan fingerprint density at radius 2 is 1.62 bits per heavy atom. The van der Waals surface area contributed by atoms with Gasteiger partial charge in [-0.05, 0) is 37.4 Å². The molecule has 0 radical (unpaired) electrons. The van der Waals surface area contributed by atoms with Crippen molar-refractivity contribution in [2.24, 2.45) is 23.5 Å². The van der Waals surface area contributed by atoms with E-state index in [0.717, 1.165) is 12.2 Å². The van der Waals surface area contributed by atoms with E-state index < -0.39 is 35.8 Å². The van der Waals surface area contributed by atoms with Crippen molar-refractivity contribution in [3.05, 3.63) is 0 Å². The number of nitrogens with one attached hydrogen (secondary N) is 2. The molecule has 0 aromatic carbocycles. The van der Waals surface area contributed by atoms with Gasteiger partial charge in [0.25, 0.3) is 0 Å². The van der Waals surface area contributed by atoms with Gasteiger partial charge in [-0.25, -0.2) is 4.79 Å². The van der Waals surface area contributed by atoms with Gasteiger partial charge in [-0.2, -0.15) is 11.8 Å². The van der Waals surface area contributed by atoms with Gasteiger partial charge in [0.05, 0.1) is 17.9 Å². The highest BCUT2D eigenvalue weighted by Crippen LogP contribution is 2.17. The summed E-state index contributed by atoms with van der Waals surface area (Å²) >= 11 is 1.53. The second kappa shape index (κ2) is 16.3. The Labute approximate surface area is 193 Å². The van der Waals surface area contributed by atoms with Gasteiger partial charge in [0.1, 0.15) is 0 Å². The van der Waals surface area contributed by atoms with E-state index in [9.17, 15) is 29.1 Å². The van der Waals surface area contributed by atoms with Crippen LogP contribution in [-0.2, 0) is 19.2 Å². The maximum Gasteiger partial charge on any atom is 0.312 e. The van der Waals surface area contributed by atoms with Crippen LogP contribution in [0.25, 0.3) is 0 Å². The molecule has 0 aliphatic heterocycles. The average Bonchev–Trinajstić information content (AvgIpc) is 2.69. The number of thioether (sulfide) groups is 1. The smallest absolute Gasteiger partial charge is 0.312 e. The number of aliphatic carboxylic acids is 2. The van der Waals surface area contributed by atoms with Gasteiger partial charge < -0.3 is 26.6 Å². The van der Waals surface area contributed by atoms with E-state index in [0.29, 0.717) is 18.6 Å². The second-order valence-electron chi connectivity index (χ2n) is 8.20. The number of urea groups is 1. The van der Waals surface area contributed by atoms with Crippen molar-refractivity contribution in [3.8, 4) is 0 Å². The molecule has 10 nitrogen and oxygen atoms in total. The van der Waals surface area contributed by atoms with E-state index in [1.807, 2.05) is 0 Å². The largest absolute Gasteiger partial charge is 0.481 e. The Bertz CT molecular complexity index is 643. The molecule has 6 N–H and O–H groups in total. The monoisotopic (exact) mass is 475 g/mol. The van der Waals surface area contributed by atoms with Crippen LogP contribution in [0, 0.1) is 17.8 Å². The second-order valence-corrected chi connectivity index (χ2v) is 9.35. The van der Waals surface area contributed by atoms with Crippen molar-refractivity contribution >= 4 is 41.4 Å². The predicted octanol–water partition coefficient (Wildman–Crippen LogP) is 1.86. The molecule has 0 saturated carbocycles. The minimum Gasteiger partial charge on any atom is -0.481 e. The summed E-state index contributed by atoms with van der Waals surface area (Å²) in [5.41, 5.74) is 4.97. The summed E-state index contributed by atoms with van der Waals surface area (Å²) < 4.78 is 0. The maximum atomic E-state index is 12.7. The number of Topliss-reactive ketones (excluding diaryl/α,β-unsaturated/α-hetero) is 1. The summed E-state index contributed by atoms with van der Waals surface area (Å²) in [6, 6.07) is -1.46. The maximum absolute atomic E-state index is 12.7. The Morgan fingerprint density at radius 3 is 2.16 bits per heavy atom. The van der Waals surface area contributed by atoms with Crippen molar-refractivity contribution in [1.29, 1.82) is 0 Å². The number of unbranched alkanes of at least 4 members (excludes halogenated alkanes) is 1. The number of rotatable bonds is 18. The first-order valence-corrected chi connectivity index (χ1v) is 12.0. The highest BCUT2D eigenvalue weighted by molar-refractivity contribution is 7.99. The van der Waals surface area contributed by atoms with Gasteiger partial charge in [-0.15, -0.1) is 0 Å². The first kappa shape index (κ1) is 29.7. The van der Waals surface area contributed by atoms with Crippen LogP contribution in [0.3, 0.4) is 0 Å². The third-order valence-corrected chi connectivity index (χ3v) is 6.20. The minimum atomic E-state index is -1.10. The number of ketones is 1. The number of carboxylic acid groups (broad SMARTS) is 2. The number of nitrogens with two attached hydrogens (primary N) is 1. The number of hydrogen-bond acceptors (Lipinski definition) is 6. The van der Waals surface area contributed by atoms with E-state index in [2.05, 4.69) is 10.6 Å². The third-order valence-electron chi connectivity index (χ3n) is 4.89. The molecule has 0 unspecified atom stereocenters. The highest BCUT2D eigenvalue weighted by atomic mass is 32.2. The number of hydrogen-bond donors (Lipinski definition) is 5. The Kier molecular flexibility index (Phi) is 15.2. The number of carbonyl (C=O) groups excluding carboxylic acids is 3. The quantitative estimate of drug-likeness (QED) is 0.187. The van der Waals surface area contributed by atoms with Crippen molar-refractivity contribution < 1.29 is 34.2 Å². The molecule has 0 fully saturated rings. The lowest BCUT2D eigenvalue weighted by Gasteiger charge is -2.23. The highest BCUT2D eigenvalue weighted by Gasteiger charge is 2.29. The van der Waals surface area contributed by atoms with Gasteiger partial charge in [0.2, 0.25) is 5.91 Å². The number of carboxylic acids is 2. The van der Waals surface area contributed by atoms with Gasteiger partial charge in [0, 0.05) is 25.1 Å². The minimum absolute atomic E-state index is 0.189. The SMILES string of the molecule is CC(C)[C@H](NC(=O)CCCCSC[C@H](C)C(=O)O)C(=O)C[C@@H](CCCNC(N)=O)C(=O)O. The molecular weight excluding hydrogens is 438 g/mol. The van der Waals surface area contributed by atoms with Crippen LogP contribution in [-0.4, -0.2) is 64.0 Å². The van der Waals surface area contributed by atoms with E-state index in [1.165, 1.54) is 11.8 Å². The zero-order chi connectivity index (χ0) is 24.7. The van der Waals surface area contributed by atoms with E-state index in [1.54, 1.807) is 20.8 Å². The molecule has 0 spiro atoms. The molecule has 0 saturated heterocycles. The topological polar surface area (TPSA) is 176 Å². The van der Waals surface area contributed by atoms with E-state index in [4.69, 9.17) is 10.8 Å². The van der Waals surface area contributed by atoms with Crippen molar-refractivity contribution in [2.45, 2.75) is 65.3 Å². The summed E-state index contributed by atoms with van der Waals surface area (Å²) in [7, 11) is 0.